The van der Waals surface area contributed by atoms with Crippen LogP contribution >= 0.6 is 11.6 Å². The minimum Gasteiger partial charge on any atom is -0.507 e. The second-order valence-corrected chi connectivity index (χ2v) is 4.52. The van der Waals surface area contributed by atoms with Gasteiger partial charge < -0.3 is 10.4 Å². The molecule has 5 heteroatoms. The molecule has 88 valence electrons. The summed E-state index contributed by atoms with van der Waals surface area (Å²) in [6, 6.07) is 5.80. The molecule has 1 aromatic rings. The Morgan fingerprint density at radius 1 is 1.59 bits per heavy atom. The summed E-state index contributed by atoms with van der Waals surface area (Å²) in [4.78, 5) is 11.8. The van der Waals surface area contributed by atoms with Crippen LogP contribution in [-0.4, -0.2) is 17.1 Å². The van der Waals surface area contributed by atoms with E-state index in [1.54, 1.807) is 0 Å². The number of phenolic OH excluding ortho intramolecular Hbond substituents is 1. The van der Waals surface area contributed by atoms with E-state index in [-0.39, 0.29) is 17.2 Å². The molecule has 1 saturated carbocycles. The Balaban J connectivity index is 2.13. The standard InChI is InChI=1S/C12H11ClN2O2/c13-8-3-4-11(16)9(5-8)12(17)15-10(6-14)7-1-2-7/h3-5,7,10,16H,1-2H2,(H,15,17). The fraction of sp³-hybridized carbons (Fsp3) is 0.333. The maximum absolute atomic E-state index is 11.8. The monoisotopic (exact) mass is 250 g/mol. The van der Waals surface area contributed by atoms with Crippen molar-refractivity contribution in [1.29, 1.82) is 5.26 Å². The number of amides is 1. The molecule has 0 heterocycles. The van der Waals surface area contributed by atoms with Gasteiger partial charge in [0.25, 0.3) is 5.91 Å². The van der Waals surface area contributed by atoms with Crippen LogP contribution in [0.4, 0.5) is 0 Å². The first-order valence-electron chi connectivity index (χ1n) is 5.31. The number of rotatable bonds is 3. The van der Waals surface area contributed by atoms with Crippen molar-refractivity contribution in [2.24, 2.45) is 5.92 Å². The van der Waals surface area contributed by atoms with Crippen molar-refractivity contribution < 1.29 is 9.90 Å². The molecule has 2 rings (SSSR count). The van der Waals surface area contributed by atoms with Crippen molar-refractivity contribution in [2.75, 3.05) is 0 Å². The zero-order valence-electron chi connectivity index (χ0n) is 8.98. The van der Waals surface area contributed by atoms with E-state index >= 15 is 0 Å². The number of hydrogen-bond acceptors (Lipinski definition) is 3. The molecule has 0 bridgehead atoms. The summed E-state index contributed by atoms with van der Waals surface area (Å²) in [5.41, 5.74) is 0.0957. The Bertz CT molecular complexity index is 492. The summed E-state index contributed by atoms with van der Waals surface area (Å²) >= 11 is 5.75. The van der Waals surface area contributed by atoms with Crippen LogP contribution in [0, 0.1) is 17.2 Å². The first-order valence-corrected chi connectivity index (χ1v) is 5.68. The van der Waals surface area contributed by atoms with Crippen LogP contribution in [0.3, 0.4) is 0 Å². The van der Waals surface area contributed by atoms with Gasteiger partial charge in [0, 0.05) is 5.02 Å². The largest absolute Gasteiger partial charge is 0.507 e. The van der Waals surface area contributed by atoms with E-state index in [0.29, 0.717) is 5.02 Å². The number of carbonyl (C=O) groups is 1. The molecule has 1 aromatic carbocycles. The lowest BCUT2D eigenvalue weighted by Gasteiger charge is -2.11. The van der Waals surface area contributed by atoms with Crippen LogP contribution in [0.1, 0.15) is 23.2 Å². The number of phenols is 1. The van der Waals surface area contributed by atoms with Crippen molar-refractivity contribution in [1.82, 2.24) is 5.32 Å². The average molecular weight is 251 g/mol. The maximum Gasteiger partial charge on any atom is 0.256 e. The average Bonchev–Trinajstić information content (AvgIpc) is 3.13. The van der Waals surface area contributed by atoms with Gasteiger partial charge >= 0.3 is 0 Å². The van der Waals surface area contributed by atoms with E-state index in [0.717, 1.165) is 12.8 Å². The highest BCUT2D eigenvalue weighted by Crippen LogP contribution is 2.32. The summed E-state index contributed by atoms with van der Waals surface area (Å²) in [5.74, 6) is -0.367. The number of nitriles is 1. The topological polar surface area (TPSA) is 73.1 Å². The molecule has 1 unspecified atom stereocenters. The minimum absolute atomic E-state index is 0.0957. The highest BCUT2D eigenvalue weighted by molar-refractivity contribution is 6.31. The van der Waals surface area contributed by atoms with Crippen molar-refractivity contribution in [3.63, 3.8) is 0 Å². The second-order valence-electron chi connectivity index (χ2n) is 4.08. The summed E-state index contributed by atoms with van der Waals surface area (Å²) < 4.78 is 0. The molecule has 0 spiro atoms. The van der Waals surface area contributed by atoms with Gasteiger partial charge in [-0.3, -0.25) is 4.79 Å². The molecule has 17 heavy (non-hydrogen) atoms. The Morgan fingerprint density at radius 3 is 2.88 bits per heavy atom. The molecule has 1 aliphatic carbocycles. The van der Waals surface area contributed by atoms with Crippen LogP contribution in [-0.2, 0) is 0 Å². The third-order valence-electron chi connectivity index (χ3n) is 2.72. The maximum atomic E-state index is 11.8. The van der Waals surface area contributed by atoms with Crippen LogP contribution in [0.2, 0.25) is 5.02 Å². The van der Waals surface area contributed by atoms with E-state index in [9.17, 15) is 9.90 Å². The van der Waals surface area contributed by atoms with Gasteiger partial charge in [-0.25, -0.2) is 0 Å². The molecule has 0 aromatic heterocycles. The normalized spacial score (nSPS) is 16.0. The minimum atomic E-state index is -0.485. The first-order chi connectivity index (χ1) is 8.11. The van der Waals surface area contributed by atoms with Crippen molar-refractivity contribution in [3.8, 4) is 11.8 Å². The molecule has 1 atom stereocenters. The SMILES string of the molecule is N#CC(NC(=O)c1cc(Cl)ccc1O)C1CC1. The summed E-state index contributed by atoms with van der Waals surface area (Å²) in [6.07, 6.45) is 1.92. The van der Waals surface area contributed by atoms with Gasteiger partial charge in [-0.05, 0) is 37.0 Å². The molecule has 2 N–H and O–H groups in total. The van der Waals surface area contributed by atoms with Crippen molar-refractivity contribution >= 4 is 17.5 Å². The number of halogens is 1. The Labute approximate surface area is 104 Å². The lowest BCUT2D eigenvalue weighted by atomic mass is 10.1. The van der Waals surface area contributed by atoms with E-state index < -0.39 is 11.9 Å². The summed E-state index contributed by atoms with van der Waals surface area (Å²) in [5, 5.41) is 21.4. The lowest BCUT2D eigenvalue weighted by molar-refractivity contribution is 0.0939. The molecule has 1 aliphatic rings. The van der Waals surface area contributed by atoms with E-state index in [1.807, 2.05) is 0 Å². The number of hydrogen-bond donors (Lipinski definition) is 2. The number of nitrogens with one attached hydrogen (secondary N) is 1. The molecule has 1 fully saturated rings. The van der Waals surface area contributed by atoms with Crippen LogP contribution < -0.4 is 5.32 Å². The Morgan fingerprint density at radius 2 is 2.29 bits per heavy atom. The van der Waals surface area contributed by atoms with Gasteiger partial charge in [-0.1, -0.05) is 11.6 Å². The Hall–Kier alpha value is -1.73. The quantitative estimate of drug-likeness (QED) is 0.863. The third-order valence-corrected chi connectivity index (χ3v) is 2.96. The zero-order valence-corrected chi connectivity index (χ0v) is 9.74. The highest BCUT2D eigenvalue weighted by atomic mass is 35.5. The number of nitrogens with zero attached hydrogens (tertiary/aromatic N) is 1. The Kier molecular flexibility index (Phi) is 3.21. The van der Waals surface area contributed by atoms with Crippen LogP contribution in [0.15, 0.2) is 18.2 Å². The molecule has 0 aliphatic heterocycles. The molecule has 0 radical (unpaired) electrons. The molecular weight excluding hydrogens is 240 g/mol. The van der Waals surface area contributed by atoms with Gasteiger partial charge in [0.1, 0.15) is 11.8 Å². The van der Waals surface area contributed by atoms with E-state index in [1.165, 1.54) is 18.2 Å². The van der Waals surface area contributed by atoms with Gasteiger partial charge in [-0.2, -0.15) is 5.26 Å². The van der Waals surface area contributed by atoms with Crippen molar-refractivity contribution in [2.45, 2.75) is 18.9 Å². The number of aromatic hydroxyl groups is 1. The fourth-order valence-corrected chi connectivity index (χ4v) is 1.77. The highest BCUT2D eigenvalue weighted by Gasteiger charge is 2.32. The molecule has 1 amide bonds. The predicted molar refractivity (Wildman–Crippen MR) is 62.7 cm³/mol. The van der Waals surface area contributed by atoms with Crippen molar-refractivity contribution in [3.05, 3.63) is 28.8 Å². The van der Waals surface area contributed by atoms with Crippen LogP contribution in [0.25, 0.3) is 0 Å². The second kappa shape index (κ2) is 4.64. The van der Waals surface area contributed by atoms with Crippen LogP contribution in [0.5, 0.6) is 5.75 Å². The van der Waals surface area contributed by atoms with Gasteiger partial charge in [0.05, 0.1) is 11.6 Å². The fourth-order valence-electron chi connectivity index (χ4n) is 1.59. The number of carbonyl (C=O) groups excluding carboxylic acids is 1. The van der Waals surface area contributed by atoms with Gasteiger partial charge in [0.2, 0.25) is 0 Å². The smallest absolute Gasteiger partial charge is 0.256 e. The molecular formula is C12H11ClN2O2. The summed E-state index contributed by atoms with van der Waals surface area (Å²) in [6.45, 7) is 0. The van der Waals surface area contributed by atoms with E-state index in [4.69, 9.17) is 16.9 Å². The molecule has 0 saturated heterocycles. The third kappa shape index (κ3) is 2.69. The zero-order chi connectivity index (χ0) is 12.4. The van der Waals surface area contributed by atoms with Gasteiger partial charge in [0.15, 0.2) is 0 Å². The molecule has 4 nitrogen and oxygen atoms in total. The summed E-state index contributed by atoms with van der Waals surface area (Å²) in [7, 11) is 0. The van der Waals surface area contributed by atoms with Gasteiger partial charge in [-0.15, -0.1) is 0 Å². The lowest BCUT2D eigenvalue weighted by Crippen LogP contribution is -2.35. The van der Waals surface area contributed by atoms with E-state index in [2.05, 4.69) is 11.4 Å². The number of benzene rings is 1. The predicted octanol–water partition coefficient (Wildman–Crippen LogP) is 2.08. The first kappa shape index (κ1) is 11.7.